The van der Waals surface area contributed by atoms with Crippen LogP contribution in [0.3, 0.4) is 0 Å². The molecule has 0 spiro atoms. The molecule has 0 unspecified atom stereocenters. The number of allylic oxidation sites excluding steroid dienone is 1. The summed E-state index contributed by atoms with van der Waals surface area (Å²) in [6, 6.07) is 1.70. The molecule has 0 aromatic carbocycles. The Hall–Kier alpha value is -1.16. The molecule has 2 rings (SSSR count). The zero-order valence-electron chi connectivity index (χ0n) is 10.7. The van der Waals surface area contributed by atoms with Crippen LogP contribution in [0.2, 0.25) is 5.15 Å². The molecule has 2 nitrogen and oxygen atoms in total. The van der Waals surface area contributed by atoms with Crippen molar-refractivity contribution in [2.24, 2.45) is 5.92 Å². The van der Waals surface area contributed by atoms with E-state index in [-0.39, 0.29) is 18.8 Å². The highest BCUT2D eigenvalue weighted by Gasteiger charge is 2.33. The number of aromatic nitrogens is 1. The van der Waals surface area contributed by atoms with Gasteiger partial charge in [0.1, 0.15) is 10.9 Å². The Kier molecular flexibility index (Phi) is 4.40. The maximum absolute atomic E-state index is 13.0. The van der Waals surface area contributed by atoms with E-state index >= 15 is 0 Å². The van der Waals surface area contributed by atoms with Crippen LogP contribution in [0.4, 0.5) is 8.78 Å². The number of hydrogen-bond donors (Lipinski definition) is 0. The second kappa shape index (κ2) is 5.87. The molecular formula is C14H16ClF2NO. The third kappa shape index (κ3) is 3.90. The fourth-order valence-corrected chi connectivity index (χ4v) is 2.39. The van der Waals surface area contributed by atoms with Gasteiger partial charge in [-0.1, -0.05) is 23.8 Å². The molecule has 0 amide bonds. The Balaban J connectivity index is 2.05. The Morgan fingerprint density at radius 1 is 1.42 bits per heavy atom. The Morgan fingerprint density at radius 2 is 2.11 bits per heavy atom. The van der Waals surface area contributed by atoms with Gasteiger partial charge in [0.15, 0.2) is 0 Å². The third-order valence-electron chi connectivity index (χ3n) is 3.39. The minimum absolute atomic E-state index is 0.0315. The molecule has 0 N–H and O–H groups in total. The Labute approximate surface area is 116 Å². The van der Waals surface area contributed by atoms with Gasteiger partial charge in [-0.3, -0.25) is 0 Å². The summed E-state index contributed by atoms with van der Waals surface area (Å²) < 4.78 is 31.3. The fourth-order valence-electron chi connectivity index (χ4n) is 2.23. The van der Waals surface area contributed by atoms with Crippen molar-refractivity contribution in [3.8, 4) is 5.75 Å². The van der Waals surface area contributed by atoms with Crippen LogP contribution < -0.4 is 4.74 Å². The van der Waals surface area contributed by atoms with Crippen molar-refractivity contribution < 1.29 is 13.5 Å². The maximum Gasteiger partial charge on any atom is 0.248 e. The molecular weight excluding hydrogens is 272 g/mol. The molecule has 5 heteroatoms. The summed E-state index contributed by atoms with van der Waals surface area (Å²) in [5.74, 6) is -1.67. The van der Waals surface area contributed by atoms with E-state index < -0.39 is 5.92 Å². The summed E-state index contributed by atoms with van der Waals surface area (Å²) in [6.45, 7) is 0. The van der Waals surface area contributed by atoms with E-state index in [0.29, 0.717) is 23.7 Å². The van der Waals surface area contributed by atoms with Gasteiger partial charge in [0.25, 0.3) is 0 Å². The largest absolute Gasteiger partial charge is 0.495 e. The average Bonchev–Trinajstić information content (AvgIpc) is 2.38. The van der Waals surface area contributed by atoms with Gasteiger partial charge in [-0.15, -0.1) is 0 Å². The smallest absolute Gasteiger partial charge is 0.248 e. The van der Waals surface area contributed by atoms with Gasteiger partial charge in [-0.25, -0.2) is 13.8 Å². The van der Waals surface area contributed by atoms with Crippen LogP contribution in [0.15, 0.2) is 18.3 Å². The van der Waals surface area contributed by atoms with E-state index in [9.17, 15) is 8.78 Å². The monoisotopic (exact) mass is 287 g/mol. The van der Waals surface area contributed by atoms with Gasteiger partial charge in [0.2, 0.25) is 5.92 Å². The number of nitrogens with zero attached hydrogens (tertiary/aromatic N) is 1. The summed E-state index contributed by atoms with van der Waals surface area (Å²) in [6.07, 6.45) is 6.36. The number of methoxy groups -OCH3 is 1. The second-order valence-electron chi connectivity index (χ2n) is 4.80. The lowest BCUT2D eigenvalue weighted by Crippen LogP contribution is -2.23. The van der Waals surface area contributed by atoms with E-state index in [4.69, 9.17) is 16.3 Å². The minimum atomic E-state index is -2.48. The molecule has 104 valence electrons. The lowest BCUT2D eigenvalue weighted by atomic mass is 9.86. The summed E-state index contributed by atoms with van der Waals surface area (Å²) in [4.78, 5) is 3.93. The number of halogens is 3. The molecule has 1 aliphatic rings. The van der Waals surface area contributed by atoms with E-state index in [0.717, 1.165) is 5.56 Å². The molecule has 19 heavy (non-hydrogen) atoms. The van der Waals surface area contributed by atoms with Gasteiger partial charge in [-0.2, -0.15) is 0 Å². The molecule has 0 aliphatic heterocycles. The van der Waals surface area contributed by atoms with Crippen LogP contribution >= 0.6 is 11.6 Å². The fraction of sp³-hybridized carbons (Fsp3) is 0.500. The van der Waals surface area contributed by atoms with Crippen molar-refractivity contribution in [3.63, 3.8) is 0 Å². The Bertz CT molecular complexity index is 467. The highest BCUT2D eigenvalue weighted by atomic mass is 35.5. The third-order valence-corrected chi connectivity index (χ3v) is 3.60. The van der Waals surface area contributed by atoms with Gasteiger partial charge in [0.05, 0.1) is 13.3 Å². The van der Waals surface area contributed by atoms with Crippen molar-refractivity contribution >= 4 is 17.7 Å². The van der Waals surface area contributed by atoms with E-state index in [1.165, 1.54) is 0 Å². The van der Waals surface area contributed by atoms with Gasteiger partial charge >= 0.3 is 0 Å². The van der Waals surface area contributed by atoms with Gasteiger partial charge < -0.3 is 4.74 Å². The van der Waals surface area contributed by atoms with E-state index in [1.807, 2.05) is 12.2 Å². The zero-order valence-corrected chi connectivity index (χ0v) is 11.5. The summed E-state index contributed by atoms with van der Waals surface area (Å²) >= 11 is 5.83. The normalized spacial score (nSPS) is 19.8. The Morgan fingerprint density at radius 3 is 2.74 bits per heavy atom. The molecule has 1 aliphatic carbocycles. The number of hydrogen-bond acceptors (Lipinski definition) is 2. The van der Waals surface area contributed by atoms with Crippen molar-refractivity contribution in [2.45, 2.75) is 31.6 Å². The maximum atomic E-state index is 13.0. The summed E-state index contributed by atoms with van der Waals surface area (Å²) in [5, 5.41) is 0.385. The first kappa shape index (κ1) is 14.3. The van der Waals surface area contributed by atoms with Crippen LogP contribution in [0.1, 0.15) is 31.2 Å². The van der Waals surface area contributed by atoms with E-state index in [2.05, 4.69) is 4.98 Å². The van der Waals surface area contributed by atoms with Gasteiger partial charge in [0, 0.05) is 18.4 Å². The first-order valence-electron chi connectivity index (χ1n) is 6.26. The molecule has 0 atom stereocenters. The van der Waals surface area contributed by atoms with Crippen LogP contribution in [-0.4, -0.2) is 18.0 Å². The van der Waals surface area contributed by atoms with Crippen molar-refractivity contribution in [2.75, 3.05) is 7.11 Å². The highest BCUT2D eigenvalue weighted by Crippen LogP contribution is 2.37. The molecule has 1 heterocycles. The van der Waals surface area contributed by atoms with Crippen LogP contribution in [0, 0.1) is 5.92 Å². The van der Waals surface area contributed by atoms with Crippen molar-refractivity contribution in [1.29, 1.82) is 0 Å². The number of ether oxygens (including phenoxy) is 1. The van der Waals surface area contributed by atoms with Crippen molar-refractivity contribution in [3.05, 3.63) is 29.1 Å². The molecule has 0 bridgehead atoms. The predicted octanol–water partition coefficient (Wildman–Crippen LogP) is 4.58. The lowest BCUT2D eigenvalue weighted by molar-refractivity contribution is -0.0410. The highest BCUT2D eigenvalue weighted by molar-refractivity contribution is 6.29. The predicted molar refractivity (Wildman–Crippen MR) is 71.7 cm³/mol. The van der Waals surface area contributed by atoms with Crippen LogP contribution in [0.5, 0.6) is 5.75 Å². The van der Waals surface area contributed by atoms with Crippen LogP contribution in [-0.2, 0) is 0 Å². The topological polar surface area (TPSA) is 22.1 Å². The number of alkyl halides is 2. The number of pyridine rings is 1. The molecule has 0 radical (unpaired) electrons. The quantitative estimate of drug-likeness (QED) is 0.759. The number of rotatable bonds is 3. The van der Waals surface area contributed by atoms with Gasteiger partial charge in [-0.05, 0) is 24.8 Å². The second-order valence-corrected chi connectivity index (χ2v) is 5.19. The summed E-state index contributed by atoms with van der Waals surface area (Å²) in [5.41, 5.74) is 0.819. The lowest BCUT2D eigenvalue weighted by Gasteiger charge is -2.26. The SMILES string of the molecule is COc1cnc(Cl)cc1/C=C/C1CCC(F)(F)CC1. The standard InChI is InChI=1S/C14H16ClF2NO/c1-19-12-9-18-13(15)8-11(12)3-2-10-4-6-14(16,17)7-5-10/h2-3,8-10H,4-7H2,1H3/b3-2+. The van der Waals surface area contributed by atoms with Crippen molar-refractivity contribution in [1.82, 2.24) is 4.98 Å². The first-order valence-corrected chi connectivity index (χ1v) is 6.63. The molecule has 1 aromatic heterocycles. The summed E-state index contributed by atoms with van der Waals surface area (Å²) in [7, 11) is 1.56. The van der Waals surface area contributed by atoms with Crippen LogP contribution in [0.25, 0.3) is 6.08 Å². The molecule has 0 saturated heterocycles. The molecule has 1 aromatic rings. The molecule has 1 fully saturated rings. The molecule has 1 saturated carbocycles. The first-order chi connectivity index (χ1) is 9.00. The minimum Gasteiger partial charge on any atom is -0.495 e. The average molecular weight is 288 g/mol. The zero-order chi connectivity index (χ0) is 13.9. The van der Waals surface area contributed by atoms with E-state index in [1.54, 1.807) is 19.4 Å².